The summed E-state index contributed by atoms with van der Waals surface area (Å²) in [6, 6.07) is 9.13. The van der Waals surface area contributed by atoms with Crippen LogP contribution >= 0.6 is 43.5 Å². The lowest BCUT2D eigenvalue weighted by atomic mass is 10.1. The maximum atomic E-state index is 12.5. The lowest BCUT2D eigenvalue weighted by molar-refractivity contribution is 0.102. The van der Waals surface area contributed by atoms with Crippen molar-refractivity contribution >= 4 is 66.1 Å². The lowest BCUT2D eigenvalue weighted by Gasteiger charge is -2.10. The van der Waals surface area contributed by atoms with Gasteiger partial charge in [-0.3, -0.25) is 9.78 Å². The predicted molar refractivity (Wildman–Crippen MR) is 94.3 cm³/mol. The predicted octanol–water partition coefficient (Wildman–Crippen LogP) is 5.06. The number of para-hydroxylation sites is 1. The van der Waals surface area contributed by atoms with E-state index in [-0.39, 0.29) is 5.91 Å². The van der Waals surface area contributed by atoms with Crippen LogP contribution in [0.1, 0.15) is 10.4 Å². The second kappa shape index (κ2) is 6.32. The Bertz CT molecular complexity index is 881. The summed E-state index contributed by atoms with van der Waals surface area (Å²) in [5.74, 6) is 0.0873. The maximum Gasteiger partial charge on any atom is 0.257 e. The summed E-state index contributed by atoms with van der Waals surface area (Å²) in [5, 5.41) is 3.99. The summed E-state index contributed by atoms with van der Waals surface area (Å²) in [4.78, 5) is 20.9. The highest BCUT2D eigenvalue weighted by Crippen LogP contribution is 2.34. The fourth-order valence-corrected chi connectivity index (χ4v) is 3.12. The van der Waals surface area contributed by atoms with Gasteiger partial charge in [0.1, 0.15) is 5.82 Å². The first-order chi connectivity index (χ1) is 10.6. The number of benzene rings is 1. The first kappa shape index (κ1) is 15.4. The number of carbonyl (C=O) groups excluding carboxylic acids is 1. The molecule has 0 aliphatic rings. The number of anilines is 1. The Hall–Kier alpha value is -1.50. The summed E-state index contributed by atoms with van der Waals surface area (Å²) < 4.78 is 1.17. The molecule has 7 heteroatoms. The number of hydrogen-bond acceptors (Lipinski definition) is 3. The number of amides is 1. The van der Waals surface area contributed by atoms with Gasteiger partial charge in [-0.2, -0.15) is 0 Å². The Kier molecular flexibility index (Phi) is 4.42. The molecule has 0 saturated heterocycles. The summed E-state index contributed by atoms with van der Waals surface area (Å²) in [6.07, 6.45) is 3.14. The molecule has 0 unspecified atom stereocenters. The Morgan fingerprint density at radius 1 is 1.14 bits per heavy atom. The number of fused-ring (bicyclic) bond motifs is 1. The number of carbonyl (C=O) groups is 1. The molecule has 0 spiro atoms. The minimum absolute atomic E-state index is 0.273. The molecule has 0 aliphatic carbocycles. The number of hydrogen-bond donors (Lipinski definition) is 1. The minimum Gasteiger partial charge on any atom is -0.306 e. The zero-order chi connectivity index (χ0) is 15.7. The molecule has 0 fully saturated rings. The fraction of sp³-hybridized carbons (Fsp3) is 0. The molecule has 0 radical (unpaired) electrons. The zero-order valence-electron chi connectivity index (χ0n) is 11.0. The molecule has 0 bridgehead atoms. The highest BCUT2D eigenvalue weighted by Gasteiger charge is 2.15. The third kappa shape index (κ3) is 2.86. The molecule has 110 valence electrons. The normalized spacial score (nSPS) is 10.7. The first-order valence-electron chi connectivity index (χ1n) is 6.22. The average Bonchev–Trinajstić information content (AvgIpc) is 2.55. The number of rotatable bonds is 2. The van der Waals surface area contributed by atoms with Crippen molar-refractivity contribution in [1.82, 2.24) is 9.97 Å². The van der Waals surface area contributed by atoms with Crippen molar-refractivity contribution in [2.24, 2.45) is 0 Å². The quantitative estimate of drug-likeness (QED) is 0.605. The van der Waals surface area contributed by atoms with Crippen LogP contribution in [0.2, 0.25) is 5.02 Å². The monoisotopic (exact) mass is 439 g/mol. The van der Waals surface area contributed by atoms with E-state index in [2.05, 4.69) is 47.1 Å². The number of halogens is 3. The van der Waals surface area contributed by atoms with Gasteiger partial charge in [-0.1, -0.05) is 29.8 Å². The molecule has 4 nitrogen and oxygen atoms in total. The highest BCUT2D eigenvalue weighted by molar-refractivity contribution is 9.11. The van der Waals surface area contributed by atoms with Gasteiger partial charge in [-0.25, -0.2) is 4.98 Å². The van der Waals surface area contributed by atoms with Crippen molar-refractivity contribution in [3.05, 3.63) is 62.3 Å². The zero-order valence-corrected chi connectivity index (χ0v) is 14.9. The van der Waals surface area contributed by atoms with Crippen LogP contribution in [0.3, 0.4) is 0 Å². The van der Waals surface area contributed by atoms with Crippen molar-refractivity contribution in [1.29, 1.82) is 0 Å². The minimum atomic E-state index is -0.273. The van der Waals surface area contributed by atoms with Gasteiger partial charge >= 0.3 is 0 Å². The van der Waals surface area contributed by atoms with Crippen molar-refractivity contribution in [3.63, 3.8) is 0 Å². The van der Waals surface area contributed by atoms with E-state index in [4.69, 9.17) is 11.6 Å². The van der Waals surface area contributed by atoms with Gasteiger partial charge in [-0.05, 0) is 44.0 Å². The summed E-state index contributed by atoms with van der Waals surface area (Å²) in [5.41, 5.74) is 1.29. The van der Waals surface area contributed by atoms with Crippen LogP contribution < -0.4 is 5.32 Å². The van der Waals surface area contributed by atoms with E-state index in [9.17, 15) is 4.79 Å². The topological polar surface area (TPSA) is 54.9 Å². The Morgan fingerprint density at radius 3 is 2.73 bits per heavy atom. The average molecular weight is 442 g/mol. The van der Waals surface area contributed by atoms with Crippen LogP contribution in [-0.4, -0.2) is 15.9 Å². The molecule has 0 atom stereocenters. The van der Waals surface area contributed by atoms with Crippen molar-refractivity contribution < 1.29 is 4.79 Å². The third-order valence-corrected chi connectivity index (χ3v) is 5.27. The Morgan fingerprint density at radius 2 is 1.91 bits per heavy atom. The van der Waals surface area contributed by atoms with E-state index >= 15 is 0 Å². The molecule has 3 aromatic rings. The van der Waals surface area contributed by atoms with Crippen LogP contribution in [0.4, 0.5) is 5.82 Å². The largest absolute Gasteiger partial charge is 0.306 e. The number of aromatic nitrogens is 2. The molecule has 22 heavy (non-hydrogen) atoms. The van der Waals surface area contributed by atoms with Crippen LogP contribution in [0.25, 0.3) is 10.9 Å². The van der Waals surface area contributed by atoms with Gasteiger partial charge in [0.2, 0.25) is 0 Å². The number of pyridine rings is 2. The number of nitrogens with one attached hydrogen (secondary N) is 1. The molecule has 1 aromatic carbocycles. The first-order valence-corrected chi connectivity index (χ1v) is 8.19. The van der Waals surface area contributed by atoms with E-state index in [1.165, 1.54) is 6.20 Å². The molecule has 2 heterocycles. The van der Waals surface area contributed by atoms with Crippen LogP contribution in [0.15, 0.2) is 51.7 Å². The van der Waals surface area contributed by atoms with Crippen molar-refractivity contribution in [2.45, 2.75) is 0 Å². The summed E-state index contributed by atoms with van der Waals surface area (Å²) in [7, 11) is 0. The molecule has 3 rings (SSSR count). The number of nitrogens with zero attached hydrogens (tertiary/aromatic N) is 2. The lowest BCUT2D eigenvalue weighted by Crippen LogP contribution is -2.14. The molecule has 0 saturated carbocycles. The Balaban J connectivity index is 1.99. The maximum absolute atomic E-state index is 12.5. The standard InChI is InChI=1S/C15H8Br2ClN3O/c16-10-7-20-14(12(17)13(10)18)21-15(22)9-5-6-19-11-4-2-1-3-8(9)11/h1-7H,(H,20,21,22). The molecular weight excluding hydrogens is 433 g/mol. The molecule has 1 N–H and O–H groups in total. The van der Waals surface area contributed by atoms with Crippen molar-refractivity contribution in [2.75, 3.05) is 5.32 Å². The molecule has 2 aromatic heterocycles. The second-order valence-corrected chi connectivity index (χ2v) is 6.44. The Labute approximate surface area is 148 Å². The molecule has 1 amide bonds. The van der Waals surface area contributed by atoms with E-state index in [1.54, 1.807) is 12.3 Å². The van der Waals surface area contributed by atoms with Crippen LogP contribution in [0, 0.1) is 0 Å². The van der Waals surface area contributed by atoms with E-state index in [0.29, 0.717) is 25.3 Å². The fourth-order valence-electron chi connectivity index (χ4n) is 2.00. The van der Waals surface area contributed by atoms with E-state index in [1.807, 2.05) is 24.3 Å². The highest BCUT2D eigenvalue weighted by atomic mass is 79.9. The summed E-state index contributed by atoms with van der Waals surface area (Å²) in [6.45, 7) is 0. The second-order valence-electron chi connectivity index (χ2n) is 4.41. The van der Waals surface area contributed by atoms with Gasteiger partial charge in [0, 0.05) is 17.8 Å². The van der Waals surface area contributed by atoms with Crippen LogP contribution in [0.5, 0.6) is 0 Å². The van der Waals surface area contributed by atoms with Gasteiger partial charge in [0.15, 0.2) is 0 Å². The van der Waals surface area contributed by atoms with E-state index in [0.717, 1.165) is 10.9 Å². The van der Waals surface area contributed by atoms with E-state index < -0.39 is 0 Å². The van der Waals surface area contributed by atoms with Gasteiger partial charge in [0.25, 0.3) is 5.91 Å². The van der Waals surface area contributed by atoms with Gasteiger partial charge in [-0.15, -0.1) is 0 Å². The third-order valence-electron chi connectivity index (χ3n) is 3.04. The van der Waals surface area contributed by atoms with Gasteiger partial charge < -0.3 is 5.32 Å². The van der Waals surface area contributed by atoms with Gasteiger partial charge in [0.05, 0.1) is 25.0 Å². The summed E-state index contributed by atoms with van der Waals surface area (Å²) >= 11 is 12.7. The van der Waals surface area contributed by atoms with Crippen LogP contribution in [-0.2, 0) is 0 Å². The molecular formula is C15H8Br2ClN3O. The SMILES string of the molecule is O=C(Nc1ncc(Br)c(Cl)c1Br)c1ccnc2ccccc12. The van der Waals surface area contributed by atoms with Crippen molar-refractivity contribution in [3.8, 4) is 0 Å². The molecule has 0 aliphatic heterocycles. The smallest absolute Gasteiger partial charge is 0.257 e.